The predicted octanol–water partition coefficient (Wildman–Crippen LogP) is 3.55. The average Bonchev–Trinajstić information content (AvgIpc) is 3.18. The molecule has 4 rings (SSSR count). The van der Waals surface area contributed by atoms with Crippen molar-refractivity contribution < 1.29 is 4.79 Å². The monoisotopic (exact) mass is 346 g/mol. The summed E-state index contributed by atoms with van der Waals surface area (Å²) in [6.07, 6.45) is 15.6. The van der Waals surface area contributed by atoms with Crippen LogP contribution in [0.3, 0.4) is 0 Å². The minimum Gasteiger partial charge on any atom is -0.349 e. The minimum absolute atomic E-state index is 0.0169. The number of rotatable bonds is 4. The molecule has 0 spiro atoms. The molecule has 0 aromatic heterocycles. The molecule has 1 aromatic rings. The van der Waals surface area contributed by atoms with Crippen LogP contribution in [0.2, 0.25) is 0 Å². The summed E-state index contributed by atoms with van der Waals surface area (Å²) in [6, 6.07) is 10.2. The molecule has 1 aliphatic heterocycles. The van der Waals surface area contributed by atoms with Crippen LogP contribution in [0, 0.1) is 23.7 Å². The lowest BCUT2D eigenvalue weighted by Crippen LogP contribution is -2.37. The molecule has 3 heteroatoms. The number of carbonyl (C=O) groups is 1. The van der Waals surface area contributed by atoms with Crippen LogP contribution < -0.4 is 10.6 Å². The van der Waals surface area contributed by atoms with E-state index in [1.807, 2.05) is 25.1 Å². The third-order valence-electron chi connectivity index (χ3n) is 5.76. The van der Waals surface area contributed by atoms with Crippen molar-refractivity contribution in [1.29, 1.82) is 0 Å². The Bertz CT molecular complexity index is 775. The Balaban J connectivity index is 1.46. The molecule has 1 heterocycles. The molecule has 3 nitrogen and oxygen atoms in total. The smallest absolute Gasteiger partial charge is 0.225 e. The van der Waals surface area contributed by atoms with Crippen LogP contribution in [0.4, 0.5) is 0 Å². The van der Waals surface area contributed by atoms with Gasteiger partial charge >= 0.3 is 0 Å². The number of allylic oxidation sites excluding steroid dienone is 7. The number of benzene rings is 1. The van der Waals surface area contributed by atoms with Gasteiger partial charge in [0.15, 0.2) is 0 Å². The zero-order valence-corrected chi connectivity index (χ0v) is 15.1. The van der Waals surface area contributed by atoms with Gasteiger partial charge in [-0.25, -0.2) is 0 Å². The second-order valence-corrected chi connectivity index (χ2v) is 7.46. The van der Waals surface area contributed by atoms with E-state index in [0.717, 1.165) is 18.7 Å². The molecule has 2 N–H and O–H groups in total. The predicted molar refractivity (Wildman–Crippen MR) is 105 cm³/mol. The number of carbonyl (C=O) groups excluding carboxylic acids is 1. The Hall–Kier alpha value is -2.39. The lowest BCUT2D eigenvalue weighted by Gasteiger charge is -2.28. The Morgan fingerprint density at radius 2 is 1.85 bits per heavy atom. The number of amides is 1. The van der Waals surface area contributed by atoms with Crippen molar-refractivity contribution in [2.75, 3.05) is 13.1 Å². The summed E-state index contributed by atoms with van der Waals surface area (Å²) in [5, 5.41) is 6.63. The van der Waals surface area contributed by atoms with Gasteiger partial charge in [-0.15, -0.1) is 0 Å². The number of nitrogens with one attached hydrogen (secondary N) is 2. The van der Waals surface area contributed by atoms with E-state index in [0.29, 0.717) is 11.8 Å². The maximum absolute atomic E-state index is 12.9. The van der Waals surface area contributed by atoms with Gasteiger partial charge in [0, 0.05) is 30.8 Å². The molecule has 0 radical (unpaired) electrons. The van der Waals surface area contributed by atoms with E-state index in [9.17, 15) is 4.79 Å². The summed E-state index contributed by atoms with van der Waals surface area (Å²) in [5.41, 5.74) is 2.44. The van der Waals surface area contributed by atoms with Gasteiger partial charge in [0.05, 0.1) is 12.0 Å². The number of fused-ring (bicyclic) bond motifs is 1. The zero-order chi connectivity index (χ0) is 17.9. The van der Waals surface area contributed by atoms with Crippen LogP contribution in [-0.2, 0) is 4.79 Å². The highest BCUT2D eigenvalue weighted by Crippen LogP contribution is 2.34. The van der Waals surface area contributed by atoms with Crippen molar-refractivity contribution in [3.05, 3.63) is 84.0 Å². The van der Waals surface area contributed by atoms with Crippen molar-refractivity contribution in [3.63, 3.8) is 0 Å². The number of hydrogen-bond donors (Lipinski definition) is 2. The van der Waals surface area contributed by atoms with Gasteiger partial charge in [0.25, 0.3) is 0 Å². The Morgan fingerprint density at radius 1 is 1.08 bits per heavy atom. The summed E-state index contributed by atoms with van der Waals surface area (Å²) in [5.74, 6) is 1.26. The molecule has 5 atom stereocenters. The fourth-order valence-electron chi connectivity index (χ4n) is 4.20. The van der Waals surface area contributed by atoms with Crippen LogP contribution in [0.5, 0.6) is 0 Å². The van der Waals surface area contributed by atoms with Crippen LogP contribution >= 0.6 is 0 Å². The van der Waals surface area contributed by atoms with E-state index in [-0.39, 0.29) is 23.8 Å². The molecule has 26 heavy (non-hydrogen) atoms. The summed E-state index contributed by atoms with van der Waals surface area (Å²) in [7, 11) is 0. The van der Waals surface area contributed by atoms with Gasteiger partial charge in [0.2, 0.25) is 5.91 Å². The first-order valence-electron chi connectivity index (χ1n) is 9.53. The lowest BCUT2D eigenvalue weighted by molar-refractivity contribution is -0.125. The molecular weight excluding hydrogens is 320 g/mol. The number of hydrogen-bond acceptors (Lipinski definition) is 2. The Labute approximate surface area is 155 Å². The summed E-state index contributed by atoms with van der Waals surface area (Å²) in [6.45, 7) is 3.66. The molecular formula is C23H26N2O. The lowest BCUT2D eigenvalue weighted by atomic mass is 9.77. The highest BCUT2D eigenvalue weighted by atomic mass is 16.2. The molecule has 1 amide bonds. The van der Waals surface area contributed by atoms with E-state index >= 15 is 0 Å². The van der Waals surface area contributed by atoms with Gasteiger partial charge in [-0.2, -0.15) is 0 Å². The van der Waals surface area contributed by atoms with Crippen molar-refractivity contribution in [3.8, 4) is 0 Å². The standard InChI is InChI=1S/C23H26N2O/c1-16(17-7-3-2-4-8-17)25-23(26)22-15-24-14-21(22)20-12-11-18-9-5-6-10-19(18)13-20/h2-13,16,18-19,21-22,24H,14-15H2,1H3,(H,25,26)/t16-,18?,19?,21-,22+/m0/s1. The first-order chi connectivity index (χ1) is 12.7. The highest BCUT2D eigenvalue weighted by molar-refractivity contribution is 5.80. The second-order valence-electron chi connectivity index (χ2n) is 7.46. The van der Waals surface area contributed by atoms with Crippen molar-refractivity contribution in [2.45, 2.75) is 13.0 Å². The molecule has 1 fully saturated rings. The van der Waals surface area contributed by atoms with Gasteiger partial charge in [0.1, 0.15) is 0 Å². The maximum Gasteiger partial charge on any atom is 0.225 e. The fourth-order valence-corrected chi connectivity index (χ4v) is 4.20. The molecule has 0 saturated carbocycles. The third-order valence-corrected chi connectivity index (χ3v) is 5.76. The van der Waals surface area contributed by atoms with Gasteiger partial charge in [-0.1, -0.05) is 72.9 Å². The van der Waals surface area contributed by atoms with Crippen LogP contribution in [-0.4, -0.2) is 19.0 Å². The normalized spacial score (nSPS) is 30.6. The molecule has 0 bridgehead atoms. The summed E-state index contributed by atoms with van der Waals surface area (Å²) in [4.78, 5) is 12.9. The van der Waals surface area contributed by atoms with E-state index in [1.54, 1.807) is 0 Å². The summed E-state index contributed by atoms with van der Waals surface area (Å²) >= 11 is 0. The fraction of sp³-hybridized carbons (Fsp3) is 0.348. The molecule has 2 aliphatic carbocycles. The van der Waals surface area contributed by atoms with Gasteiger partial charge < -0.3 is 10.6 Å². The molecule has 1 aromatic carbocycles. The minimum atomic E-state index is -0.0169. The average molecular weight is 346 g/mol. The largest absolute Gasteiger partial charge is 0.349 e. The quantitative estimate of drug-likeness (QED) is 0.875. The van der Waals surface area contributed by atoms with E-state index < -0.39 is 0 Å². The van der Waals surface area contributed by atoms with Crippen LogP contribution in [0.1, 0.15) is 18.5 Å². The first kappa shape index (κ1) is 17.0. The topological polar surface area (TPSA) is 41.1 Å². The molecule has 1 saturated heterocycles. The van der Waals surface area contributed by atoms with Crippen molar-refractivity contribution >= 4 is 5.91 Å². The van der Waals surface area contributed by atoms with E-state index in [4.69, 9.17) is 0 Å². The first-order valence-corrected chi connectivity index (χ1v) is 9.53. The van der Waals surface area contributed by atoms with Crippen molar-refractivity contribution in [2.24, 2.45) is 23.7 Å². The zero-order valence-electron chi connectivity index (χ0n) is 15.1. The van der Waals surface area contributed by atoms with Gasteiger partial charge in [-0.3, -0.25) is 4.79 Å². The van der Waals surface area contributed by atoms with E-state index in [1.165, 1.54) is 5.57 Å². The van der Waals surface area contributed by atoms with Crippen molar-refractivity contribution in [1.82, 2.24) is 10.6 Å². The Morgan fingerprint density at radius 3 is 2.65 bits per heavy atom. The van der Waals surface area contributed by atoms with Gasteiger partial charge in [-0.05, 0) is 18.1 Å². The van der Waals surface area contributed by atoms with E-state index in [2.05, 4.69) is 65.3 Å². The Kier molecular flexibility index (Phi) is 4.89. The van der Waals surface area contributed by atoms with Crippen LogP contribution in [0.25, 0.3) is 0 Å². The molecule has 2 unspecified atom stereocenters. The van der Waals surface area contributed by atoms with Crippen LogP contribution in [0.15, 0.2) is 78.4 Å². The second kappa shape index (κ2) is 7.46. The SMILES string of the molecule is C[C@H](NC(=O)[C@@H]1CNC[C@H]1C1=CC2C=CC=CC2C=C1)c1ccccc1. The summed E-state index contributed by atoms with van der Waals surface area (Å²) < 4.78 is 0. The highest BCUT2D eigenvalue weighted by Gasteiger charge is 2.36. The molecule has 3 aliphatic rings. The third kappa shape index (κ3) is 3.45. The maximum atomic E-state index is 12.9. The molecule has 134 valence electrons.